The van der Waals surface area contributed by atoms with Crippen molar-refractivity contribution < 1.29 is 58.2 Å². The van der Waals surface area contributed by atoms with Crippen molar-refractivity contribution in [3.8, 4) is 0 Å². The van der Waals surface area contributed by atoms with Crippen LogP contribution in [0.15, 0.2) is 0 Å². The zero-order valence-electron chi connectivity index (χ0n) is 8.20. The molecular formula is C8H20NRb. The van der Waals surface area contributed by atoms with E-state index in [0.717, 1.165) is 0 Å². The van der Waals surface area contributed by atoms with E-state index < -0.39 is 0 Å². The Labute approximate surface area is 115 Å². The van der Waals surface area contributed by atoms with Crippen LogP contribution in [0.1, 0.15) is 40.5 Å². The van der Waals surface area contributed by atoms with Gasteiger partial charge < -0.3 is 5.32 Å². The molecule has 0 unspecified atom stereocenters. The fraction of sp³-hybridized carbons (Fsp3) is 0.875. The molecule has 1 aliphatic rings. The standard InChI is InChI=1S/C4H8N.2C2H6.Rb/c1-2-4-5-3-1;2*1-2;/h3,5H,1-2,4H2;2*1-2H3;/q-1;;;+1. The van der Waals surface area contributed by atoms with Gasteiger partial charge in [-0.2, -0.15) is 6.42 Å². The summed E-state index contributed by atoms with van der Waals surface area (Å²) in [5.41, 5.74) is 0. The molecule has 1 N–H and O–H groups in total. The van der Waals surface area contributed by atoms with Gasteiger partial charge in [-0.3, -0.25) is 6.54 Å². The summed E-state index contributed by atoms with van der Waals surface area (Å²) < 4.78 is 0. The molecule has 2 heteroatoms. The van der Waals surface area contributed by atoms with Crippen molar-refractivity contribution in [2.45, 2.75) is 40.5 Å². The van der Waals surface area contributed by atoms with E-state index in [4.69, 9.17) is 0 Å². The summed E-state index contributed by atoms with van der Waals surface area (Å²) in [6, 6.07) is 0. The van der Waals surface area contributed by atoms with Crippen LogP contribution in [0.2, 0.25) is 0 Å². The van der Waals surface area contributed by atoms with Gasteiger partial charge in [0.2, 0.25) is 0 Å². The van der Waals surface area contributed by atoms with Gasteiger partial charge in [-0.15, -0.1) is 0 Å². The third-order valence-corrected chi connectivity index (χ3v) is 0.814. The second kappa shape index (κ2) is 22.4. The summed E-state index contributed by atoms with van der Waals surface area (Å²) in [6.07, 6.45) is 2.60. The van der Waals surface area contributed by atoms with Gasteiger partial charge in [0.15, 0.2) is 0 Å². The summed E-state index contributed by atoms with van der Waals surface area (Å²) in [7, 11) is 0. The second-order valence-corrected chi connectivity index (χ2v) is 1.30. The largest absolute Gasteiger partial charge is 1.00 e. The minimum Gasteiger partial charge on any atom is -0.470 e. The monoisotopic (exact) mass is 215 g/mol. The van der Waals surface area contributed by atoms with E-state index >= 15 is 0 Å². The Bertz CT molecular complexity index is 20.8. The van der Waals surface area contributed by atoms with E-state index in [1.165, 1.54) is 19.4 Å². The number of hydrogen-bond acceptors (Lipinski definition) is 1. The Morgan fingerprint density at radius 2 is 1.60 bits per heavy atom. The predicted octanol–water partition coefficient (Wildman–Crippen LogP) is -0.412. The smallest absolute Gasteiger partial charge is 0.470 e. The SMILES string of the molecule is CC.CC.[CH-]1CCCN1.[Rb+]. The van der Waals surface area contributed by atoms with Crippen molar-refractivity contribution in [2.24, 2.45) is 0 Å². The van der Waals surface area contributed by atoms with Crippen LogP contribution in [0.25, 0.3) is 0 Å². The van der Waals surface area contributed by atoms with Crippen LogP contribution < -0.4 is 63.5 Å². The molecule has 0 aromatic heterocycles. The first-order valence-corrected chi connectivity index (χ1v) is 4.05. The van der Waals surface area contributed by atoms with E-state index in [0.29, 0.717) is 0 Å². The van der Waals surface area contributed by atoms with Crippen molar-refractivity contribution in [1.82, 2.24) is 5.32 Å². The molecule has 0 amide bonds. The quantitative estimate of drug-likeness (QED) is 0.542. The van der Waals surface area contributed by atoms with Gasteiger partial charge in [0.1, 0.15) is 0 Å². The molecule has 0 saturated carbocycles. The molecule has 10 heavy (non-hydrogen) atoms. The van der Waals surface area contributed by atoms with E-state index in [1.807, 2.05) is 27.7 Å². The third kappa shape index (κ3) is 16.4. The Morgan fingerprint density at radius 1 is 1.10 bits per heavy atom. The zero-order chi connectivity index (χ0) is 7.54. The first-order valence-electron chi connectivity index (χ1n) is 4.05. The van der Waals surface area contributed by atoms with E-state index in [9.17, 15) is 0 Å². The molecule has 0 atom stereocenters. The first kappa shape index (κ1) is 17.7. The van der Waals surface area contributed by atoms with E-state index in [1.54, 1.807) is 0 Å². The molecule has 1 fully saturated rings. The fourth-order valence-corrected chi connectivity index (χ4v) is 0.510. The average Bonchev–Trinajstić information content (AvgIpc) is 2.51. The molecule has 58 valence electrons. The fourth-order valence-electron chi connectivity index (χ4n) is 0.510. The number of rotatable bonds is 0. The van der Waals surface area contributed by atoms with Gasteiger partial charge in [-0.1, -0.05) is 34.1 Å². The van der Waals surface area contributed by atoms with Gasteiger partial charge in [-0.05, 0) is 6.54 Å². The Kier molecular flexibility index (Phi) is 39.8. The average molecular weight is 216 g/mol. The molecule has 0 aromatic rings. The van der Waals surface area contributed by atoms with Gasteiger partial charge in [0.25, 0.3) is 0 Å². The Balaban J connectivity index is -0.0000000875. The molecule has 1 saturated heterocycles. The molecule has 0 aromatic carbocycles. The van der Waals surface area contributed by atoms with Crippen LogP contribution in [0, 0.1) is 6.54 Å². The van der Waals surface area contributed by atoms with Crippen LogP contribution in [0.3, 0.4) is 0 Å². The van der Waals surface area contributed by atoms with Crippen molar-refractivity contribution >= 4 is 0 Å². The molecule has 0 spiro atoms. The second-order valence-electron chi connectivity index (χ2n) is 1.30. The molecule has 0 radical (unpaired) electrons. The maximum absolute atomic E-state index is 3.10. The normalized spacial score (nSPS) is 13.2. The molecule has 0 bridgehead atoms. The third-order valence-electron chi connectivity index (χ3n) is 0.814. The molecule has 1 nitrogen and oxygen atoms in total. The molecular weight excluding hydrogens is 196 g/mol. The summed E-state index contributed by atoms with van der Waals surface area (Å²) in [6.45, 7) is 11.3. The minimum absolute atomic E-state index is 0. The Hall–Kier alpha value is 1.77. The van der Waals surface area contributed by atoms with Crippen LogP contribution in [-0.2, 0) is 0 Å². The van der Waals surface area contributed by atoms with Gasteiger partial charge in [0.05, 0.1) is 0 Å². The van der Waals surface area contributed by atoms with Crippen molar-refractivity contribution in [2.75, 3.05) is 6.54 Å². The molecule has 1 aliphatic heterocycles. The van der Waals surface area contributed by atoms with Crippen LogP contribution >= 0.6 is 0 Å². The summed E-state index contributed by atoms with van der Waals surface area (Å²) in [5, 5.41) is 3.10. The number of nitrogens with one attached hydrogen (secondary N) is 1. The van der Waals surface area contributed by atoms with E-state index in [-0.39, 0.29) is 58.2 Å². The molecule has 1 rings (SSSR count). The molecule has 1 heterocycles. The van der Waals surface area contributed by atoms with Gasteiger partial charge in [0, 0.05) is 0 Å². The molecule has 0 aliphatic carbocycles. The van der Waals surface area contributed by atoms with Crippen molar-refractivity contribution in [1.29, 1.82) is 0 Å². The van der Waals surface area contributed by atoms with Crippen molar-refractivity contribution in [3.63, 3.8) is 0 Å². The van der Waals surface area contributed by atoms with Gasteiger partial charge >= 0.3 is 58.2 Å². The minimum atomic E-state index is 0. The first-order chi connectivity index (χ1) is 4.50. The van der Waals surface area contributed by atoms with Crippen LogP contribution in [-0.4, -0.2) is 6.54 Å². The maximum atomic E-state index is 3.10. The van der Waals surface area contributed by atoms with Crippen molar-refractivity contribution in [3.05, 3.63) is 6.54 Å². The maximum Gasteiger partial charge on any atom is 1.00 e. The van der Waals surface area contributed by atoms with Crippen LogP contribution in [0.4, 0.5) is 0 Å². The van der Waals surface area contributed by atoms with Crippen LogP contribution in [0.5, 0.6) is 0 Å². The predicted molar refractivity (Wildman–Crippen MR) is 44.2 cm³/mol. The van der Waals surface area contributed by atoms with Gasteiger partial charge in [-0.25, -0.2) is 0 Å². The number of hydrogen-bond donors (Lipinski definition) is 1. The zero-order valence-corrected chi connectivity index (χ0v) is 13.1. The summed E-state index contributed by atoms with van der Waals surface area (Å²) in [5.74, 6) is 0. The topological polar surface area (TPSA) is 12.0 Å². The Morgan fingerprint density at radius 3 is 1.70 bits per heavy atom. The summed E-state index contributed by atoms with van der Waals surface area (Å²) in [4.78, 5) is 0. The summed E-state index contributed by atoms with van der Waals surface area (Å²) >= 11 is 0. The van der Waals surface area contributed by atoms with E-state index in [2.05, 4.69) is 11.9 Å².